The van der Waals surface area contributed by atoms with Gasteiger partial charge >= 0.3 is 5.97 Å². The van der Waals surface area contributed by atoms with Crippen molar-refractivity contribution in [3.05, 3.63) is 0 Å². The van der Waals surface area contributed by atoms with Gasteiger partial charge in [0.1, 0.15) is 6.04 Å². The molecule has 34 heavy (non-hydrogen) atoms. The van der Waals surface area contributed by atoms with E-state index in [9.17, 15) is 24.3 Å². The minimum Gasteiger partial charge on any atom is -0.480 e. The van der Waals surface area contributed by atoms with Gasteiger partial charge in [-0.2, -0.15) is 0 Å². The maximum Gasteiger partial charge on any atom is 0.328 e. The van der Waals surface area contributed by atoms with E-state index < -0.39 is 54.5 Å². The third kappa shape index (κ3) is 13.7. The first-order chi connectivity index (χ1) is 15.8. The van der Waals surface area contributed by atoms with Crippen LogP contribution in [-0.4, -0.2) is 89.7 Å². The SMILES string of the molecule is CC(O)C(NC(=O)CNC(=O)C(CCCN=C(N)N)NC(=O)C(N)CCCN=C(N)N)C(=O)O. The van der Waals surface area contributed by atoms with Crippen LogP contribution in [0.25, 0.3) is 0 Å². The molecule has 0 heterocycles. The number of carboxylic acid groups (broad SMARTS) is 1. The summed E-state index contributed by atoms with van der Waals surface area (Å²) in [5.41, 5.74) is 26.8. The molecule has 0 rings (SSSR count). The fourth-order valence-corrected chi connectivity index (χ4v) is 2.61. The zero-order chi connectivity index (χ0) is 26.3. The van der Waals surface area contributed by atoms with Crippen molar-refractivity contribution in [3.63, 3.8) is 0 Å². The molecule has 15 N–H and O–H groups in total. The molecule has 0 aromatic heterocycles. The maximum absolute atomic E-state index is 12.6. The highest BCUT2D eigenvalue weighted by molar-refractivity contribution is 5.92. The van der Waals surface area contributed by atoms with Crippen LogP contribution in [0, 0.1) is 0 Å². The fourth-order valence-electron chi connectivity index (χ4n) is 2.61. The molecule has 0 spiro atoms. The summed E-state index contributed by atoms with van der Waals surface area (Å²) in [6, 6.07) is -3.55. The van der Waals surface area contributed by atoms with Crippen molar-refractivity contribution in [1.29, 1.82) is 0 Å². The van der Waals surface area contributed by atoms with Crippen LogP contribution >= 0.6 is 0 Å². The highest BCUT2D eigenvalue weighted by Crippen LogP contribution is 2.02. The van der Waals surface area contributed by atoms with Crippen molar-refractivity contribution in [2.75, 3.05) is 19.6 Å². The van der Waals surface area contributed by atoms with Crippen molar-refractivity contribution in [1.82, 2.24) is 16.0 Å². The molecule has 194 valence electrons. The molecular weight excluding hydrogens is 452 g/mol. The van der Waals surface area contributed by atoms with Gasteiger partial charge in [0.05, 0.1) is 18.7 Å². The number of rotatable bonds is 16. The standard InChI is InChI=1S/C18H36N10O6/c1-9(29)13(16(33)34)28-12(30)8-26-15(32)11(5-3-7-25-18(22)23)27-14(31)10(19)4-2-6-24-17(20)21/h9-11,13,29H,2-8,19H2,1H3,(H,26,32)(H,27,31)(H,28,30)(H,33,34)(H4,20,21,24)(H4,22,23,25). The van der Waals surface area contributed by atoms with Gasteiger partial charge in [0.15, 0.2) is 18.0 Å². The lowest BCUT2D eigenvalue weighted by Gasteiger charge is -2.21. The average molecular weight is 489 g/mol. The Morgan fingerprint density at radius 2 is 1.41 bits per heavy atom. The Bertz CT molecular complexity index is 750. The van der Waals surface area contributed by atoms with Crippen molar-refractivity contribution in [2.45, 2.75) is 56.8 Å². The van der Waals surface area contributed by atoms with E-state index in [1.807, 2.05) is 0 Å². The van der Waals surface area contributed by atoms with Crippen LogP contribution < -0.4 is 44.6 Å². The summed E-state index contributed by atoms with van der Waals surface area (Å²) < 4.78 is 0. The average Bonchev–Trinajstić information content (AvgIpc) is 2.74. The number of nitrogens with zero attached hydrogens (tertiary/aromatic N) is 2. The Hall–Kier alpha value is -3.66. The van der Waals surface area contributed by atoms with E-state index in [0.29, 0.717) is 12.8 Å². The molecule has 3 amide bonds. The molecule has 0 aromatic rings. The van der Waals surface area contributed by atoms with Gasteiger partial charge < -0.3 is 54.8 Å². The van der Waals surface area contributed by atoms with Crippen LogP contribution in [0.15, 0.2) is 9.98 Å². The molecule has 0 aliphatic heterocycles. The van der Waals surface area contributed by atoms with Crippen LogP contribution in [0.5, 0.6) is 0 Å². The lowest BCUT2D eigenvalue weighted by molar-refractivity contribution is -0.144. The molecule has 0 aromatic carbocycles. The van der Waals surface area contributed by atoms with Crippen LogP contribution in [0.2, 0.25) is 0 Å². The number of nitrogens with one attached hydrogen (secondary N) is 3. The van der Waals surface area contributed by atoms with E-state index in [1.54, 1.807) is 0 Å². The molecule has 0 aliphatic rings. The Labute approximate surface area is 196 Å². The third-order valence-corrected chi connectivity index (χ3v) is 4.37. The minimum atomic E-state index is -1.54. The van der Waals surface area contributed by atoms with Crippen LogP contribution in [0.4, 0.5) is 0 Å². The number of carbonyl (C=O) groups is 4. The van der Waals surface area contributed by atoms with Crippen molar-refractivity contribution >= 4 is 35.6 Å². The van der Waals surface area contributed by atoms with Crippen molar-refractivity contribution in [2.24, 2.45) is 38.7 Å². The Morgan fingerprint density at radius 3 is 1.88 bits per heavy atom. The number of amides is 3. The lowest BCUT2D eigenvalue weighted by atomic mass is 10.1. The van der Waals surface area contributed by atoms with Gasteiger partial charge in [-0.05, 0) is 32.6 Å². The van der Waals surface area contributed by atoms with E-state index in [4.69, 9.17) is 33.8 Å². The molecule has 16 heteroatoms. The summed E-state index contributed by atoms with van der Waals surface area (Å²) in [5.74, 6) is -3.80. The van der Waals surface area contributed by atoms with Gasteiger partial charge in [0.2, 0.25) is 17.7 Å². The van der Waals surface area contributed by atoms with Gasteiger partial charge in [0.25, 0.3) is 0 Å². The van der Waals surface area contributed by atoms with E-state index in [1.165, 1.54) is 6.92 Å². The first-order valence-corrected chi connectivity index (χ1v) is 10.5. The minimum absolute atomic E-state index is 0.0808. The summed E-state index contributed by atoms with van der Waals surface area (Å²) in [6.45, 7) is 1.09. The molecular formula is C18H36N10O6. The molecule has 0 aliphatic carbocycles. The van der Waals surface area contributed by atoms with E-state index in [0.717, 1.165) is 0 Å². The molecule has 4 atom stereocenters. The van der Waals surface area contributed by atoms with E-state index >= 15 is 0 Å². The van der Waals surface area contributed by atoms with Crippen molar-refractivity contribution in [3.8, 4) is 0 Å². The summed E-state index contributed by atoms with van der Waals surface area (Å²) in [5, 5.41) is 25.3. The summed E-state index contributed by atoms with van der Waals surface area (Å²) in [6.07, 6.45) is -0.216. The fraction of sp³-hybridized carbons (Fsp3) is 0.667. The van der Waals surface area contributed by atoms with Gasteiger partial charge in [-0.25, -0.2) is 4.79 Å². The number of nitrogens with two attached hydrogens (primary N) is 5. The molecule has 16 nitrogen and oxygen atoms in total. The second-order valence-corrected chi connectivity index (χ2v) is 7.41. The summed E-state index contributed by atoms with van der Waals surface area (Å²) >= 11 is 0. The number of guanidine groups is 2. The first kappa shape index (κ1) is 30.3. The molecule has 0 bridgehead atoms. The Kier molecular flexibility index (Phi) is 14.3. The van der Waals surface area contributed by atoms with Crippen molar-refractivity contribution < 1.29 is 29.4 Å². The molecule has 0 fully saturated rings. The first-order valence-electron chi connectivity index (χ1n) is 10.5. The predicted molar refractivity (Wildman–Crippen MR) is 124 cm³/mol. The zero-order valence-corrected chi connectivity index (χ0v) is 19.1. The van der Waals surface area contributed by atoms with Gasteiger partial charge in [-0.3, -0.25) is 24.4 Å². The van der Waals surface area contributed by atoms with Gasteiger partial charge in [-0.15, -0.1) is 0 Å². The number of aliphatic imine (C=N–C) groups is 2. The predicted octanol–water partition coefficient (Wildman–Crippen LogP) is -5.03. The molecule has 4 unspecified atom stereocenters. The maximum atomic E-state index is 12.6. The van der Waals surface area contributed by atoms with Gasteiger partial charge in [0, 0.05) is 13.1 Å². The molecule has 0 saturated heterocycles. The molecule has 0 radical (unpaired) electrons. The third-order valence-electron chi connectivity index (χ3n) is 4.37. The quantitative estimate of drug-likeness (QED) is 0.0556. The number of aliphatic hydroxyl groups excluding tert-OH is 1. The second kappa shape index (κ2) is 16.0. The molecule has 0 saturated carbocycles. The second-order valence-electron chi connectivity index (χ2n) is 7.41. The van der Waals surface area contributed by atoms with E-state index in [-0.39, 0.29) is 37.9 Å². The smallest absolute Gasteiger partial charge is 0.328 e. The normalized spacial score (nSPS) is 14.0. The number of carbonyl (C=O) groups excluding carboxylic acids is 3. The number of hydrogen-bond acceptors (Lipinski definition) is 8. The highest BCUT2D eigenvalue weighted by atomic mass is 16.4. The zero-order valence-electron chi connectivity index (χ0n) is 19.1. The van der Waals surface area contributed by atoms with E-state index in [2.05, 4.69) is 25.9 Å². The van der Waals surface area contributed by atoms with Crippen LogP contribution in [-0.2, 0) is 19.2 Å². The number of carboxylic acids is 1. The number of aliphatic hydroxyl groups is 1. The van der Waals surface area contributed by atoms with Crippen LogP contribution in [0.1, 0.15) is 32.6 Å². The van der Waals surface area contributed by atoms with Crippen LogP contribution in [0.3, 0.4) is 0 Å². The number of aliphatic carboxylic acids is 1. The monoisotopic (exact) mass is 488 g/mol. The topological polar surface area (TPSA) is 300 Å². The number of hydrogen-bond donors (Lipinski definition) is 10. The summed E-state index contributed by atoms with van der Waals surface area (Å²) in [4.78, 5) is 55.6. The van der Waals surface area contributed by atoms with Gasteiger partial charge in [-0.1, -0.05) is 0 Å². The largest absolute Gasteiger partial charge is 0.480 e. The Balaban J connectivity index is 4.98. The highest BCUT2D eigenvalue weighted by Gasteiger charge is 2.27. The Morgan fingerprint density at radius 1 is 0.882 bits per heavy atom. The summed E-state index contributed by atoms with van der Waals surface area (Å²) in [7, 11) is 0. The lowest BCUT2D eigenvalue weighted by Crippen LogP contribution is -2.54.